The van der Waals surface area contributed by atoms with Gasteiger partial charge < -0.3 is 21.5 Å². The maximum atomic E-state index is 12.0. The van der Waals surface area contributed by atoms with E-state index < -0.39 is 5.97 Å². The fourth-order valence-corrected chi connectivity index (χ4v) is 1.77. The fourth-order valence-electron chi connectivity index (χ4n) is 1.41. The summed E-state index contributed by atoms with van der Waals surface area (Å²) in [7, 11) is 0. The minimum atomic E-state index is -0.805. The van der Waals surface area contributed by atoms with Gasteiger partial charge in [-0.05, 0) is 50.3 Å². The van der Waals surface area contributed by atoms with Gasteiger partial charge in [-0.1, -0.05) is 0 Å². The molecule has 1 rings (SSSR count). The molecule has 0 bridgehead atoms. The number of amides is 1. The first-order valence-corrected chi connectivity index (χ1v) is 7.38. The van der Waals surface area contributed by atoms with Crippen molar-refractivity contribution in [1.82, 2.24) is 15.3 Å². The lowest BCUT2D eigenvalue weighted by Crippen LogP contribution is -2.39. The number of hydrogen-bond donors (Lipinski definition) is 3. The van der Waals surface area contributed by atoms with Gasteiger partial charge in [0.1, 0.15) is 9.46 Å². The van der Waals surface area contributed by atoms with Crippen LogP contribution in [0.3, 0.4) is 0 Å². The maximum Gasteiger partial charge on any atom is 0.365 e. The van der Waals surface area contributed by atoms with Crippen LogP contribution >= 0.6 is 22.6 Å². The Morgan fingerprint density at radius 1 is 1.23 bits per heavy atom. The van der Waals surface area contributed by atoms with Crippen LogP contribution in [0.25, 0.3) is 0 Å². The minimum Gasteiger partial charge on any atom is -0.426 e. The van der Waals surface area contributed by atoms with Gasteiger partial charge in [0, 0.05) is 11.6 Å². The second kappa shape index (κ2) is 6.90. The summed E-state index contributed by atoms with van der Waals surface area (Å²) in [6.07, 6.45) is 1.18. The maximum absolute atomic E-state index is 12.0. The molecule has 1 aromatic rings. The van der Waals surface area contributed by atoms with Crippen molar-refractivity contribution in [2.45, 2.75) is 33.2 Å². The summed E-state index contributed by atoms with van der Waals surface area (Å²) in [5.74, 6) is -1.06. The van der Waals surface area contributed by atoms with E-state index in [9.17, 15) is 9.59 Å². The second-order valence-corrected chi connectivity index (χ2v) is 6.54. The molecular weight excluding hydrogens is 401 g/mol. The van der Waals surface area contributed by atoms with Crippen molar-refractivity contribution >= 4 is 46.1 Å². The Morgan fingerprint density at radius 2 is 1.82 bits per heavy atom. The molecule has 22 heavy (non-hydrogen) atoms. The molecule has 9 heteroatoms. The Hall–Kier alpha value is -1.91. The zero-order valence-corrected chi connectivity index (χ0v) is 14.9. The molecular formula is C13H18IN5O3. The van der Waals surface area contributed by atoms with Gasteiger partial charge in [0.05, 0.1) is 0 Å². The summed E-state index contributed by atoms with van der Waals surface area (Å²) < 4.78 is 5.37. The first kappa shape index (κ1) is 18.1. The van der Waals surface area contributed by atoms with Crippen molar-refractivity contribution in [2.75, 3.05) is 11.5 Å². The molecule has 0 radical (unpaired) electrons. The summed E-state index contributed by atoms with van der Waals surface area (Å²) in [4.78, 5) is 31.4. The average Bonchev–Trinajstić information content (AvgIpc) is 2.30. The van der Waals surface area contributed by atoms with Gasteiger partial charge in [0.15, 0.2) is 17.3 Å². The lowest BCUT2D eigenvalue weighted by molar-refractivity contribution is -0.117. The molecule has 0 fully saturated rings. The molecule has 1 amide bonds. The topological polar surface area (TPSA) is 133 Å². The number of esters is 1. The number of aromatic nitrogens is 2. The predicted molar refractivity (Wildman–Crippen MR) is 90.6 cm³/mol. The molecule has 0 aliphatic heterocycles. The van der Waals surface area contributed by atoms with Crippen LogP contribution in [0.1, 0.15) is 38.2 Å². The molecule has 0 aromatic carbocycles. The van der Waals surface area contributed by atoms with E-state index in [2.05, 4.69) is 15.3 Å². The molecule has 0 atom stereocenters. The van der Waals surface area contributed by atoms with E-state index in [0.29, 0.717) is 3.70 Å². The van der Waals surface area contributed by atoms with Crippen LogP contribution in [0, 0.1) is 3.70 Å². The molecule has 0 spiro atoms. The van der Waals surface area contributed by atoms with Crippen LogP contribution < -0.4 is 16.8 Å². The number of nitrogens with one attached hydrogen (secondary N) is 1. The van der Waals surface area contributed by atoms with E-state index in [4.69, 9.17) is 16.2 Å². The first-order chi connectivity index (χ1) is 9.99. The number of ether oxygens (including phenoxy) is 1. The number of hydrogen-bond acceptors (Lipinski definition) is 7. The Labute approximate surface area is 141 Å². The van der Waals surface area contributed by atoms with Gasteiger partial charge in [0.25, 0.3) is 0 Å². The normalized spacial score (nSPS) is 12.0. The van der Waals surface area contributed by atoms with Crippen LogP contribution in [-0.4, -0.2) is 27.4 Å². The molecule has 0 saturated carbocycles. The Bertz CT molecular complexity index is 637. The van der Waals surface area contributed by atoms with Crippen molar-refractivity contribution in [1.29, 1.82) is 0 Å². The zero-order valence-electron chi connectivity index (χ0n) is 12.7. The highest BCUT2D eigenvalue weighted by atomic mass is 127. The quantitative estimate of drug-likeness (QED) is 0.290. The third-order valence-corrected chi connectivity index (χ3v) is 2.98. The second-order valence-electron chi connectivity index (χ2n) is 5.52. The van der Waals surface area contributed by atoms with Crippen molar-refractivity contribution in [2.24, 2.45) is 0 Å². The van der Waals surface area contributed by atoms with E-state index >= 15 is 0 Å². The van der Waals surface area contributed by atoms with Crippen molar-refractivity contribution in [3.05, 3.63) is 21.2 Å². The SMILES string of the molecule is C/C(=C/C(=O)NC(C)(C)C)OC(=O)c1nc(I)c(N)nc1N. The van der Waals surface area contributed by atoms with Gasteiger partial charge in [-0.25, -0.2) is 14.8 Å². The Morgan fingerprint density at radius 3 is 2.36 bits per heavy atom. The number of halogens is 1. The van der Waals surface area contributed by atoms with Crippen molar-refractivity contribution in [3.63, 3.8) is 0 Å². The van der Waals surface area contributed by atoms with E-state index in [1.807, 2.05) is 43.4 Å². The monoisotopic (exact) mass is 419 g/mol. The molecule has 0 saturated heterocycles. The average molecular weight is 419 g/mol. The molecule has 0 aliphatic carbocycles. The van der Waals surface area contributed by atoms with E-state index in [-0.39, 0.29) is 34.5 Å². The van der Waals surface area contributed by atoms with Crippen LogP contribution in [0.5, 0.6) is 0 Å². The standard InChI is InChI=1S/C13H18IN5O3/c1-6(5-7(20)19-13(2,3)4)22-12(21)8-10(15)18-11(16)9(14)17-8/h5H,1-4H3,(H,19,20)(H4,15,16,18)/b6-5-. The largest absolute Gasteiger partial charge is 0.426 e. The van der Waals surface area contributed by atoms with Gasteiger partial charge in [-0.2, -0.15) is 0 Å². The van der Waals surface area contributed by atoms with E-state index in [0.717, 1.165) is 0 Å². The molecule has 0 aliphatic rings. The molecule has 1 heterocycles. The van der Waals surface area contributed by atoms with Gasteiger partial charge in [-0.3, -0.25) is 4.79 Å². The lowest BCUT2D eigenvalue weighted by atomic mass is 10.1. The van der Waals surface area contributed by atoms with Gasteiger partial charge in [-0.15, -0.1) is 0 Å². The number of nitrogens with zero attached hydrogens (tertiary/aromatic N) is 2. The number of anilines is 2. The van der Waals surface area contributed by atoms with E-state index in [1.54, 1.807) is 0 Å². The van der Waals surface area contributed by atoms with Crippen LogP contribution in [0.2, 0.25) is 0 Å². The number of carbonyl (C=O) groups is 2. The molecule has 120 valence electrons. The summed E-state index contributed by atoms with van der Waals surface area (Å²) >= 11 is 1.83. The summed E-state index contributed by atoms with van der Waals surface area (Å²) in [5.41, 5.74) is 10.6. The summed E-state index contributed by atoms with van der Waals surface area (Å²) in [6, 6.07) is 0. The lowest BCUT2D eigenvalue weighted by Gasteiger charge is -2.19. The molecule has 8 nitrogen and oxygen atoms in total. The fraction of sp³-hybridized carbons (Fsp3) is 0.385. The molecule has 0 unspecified atom stereocenters. The highest BCUT2D eigenvalue weighted by Crippen LogP contribution is 2.16. The highest BCUT2D eigenvalue weighted by Gasteiger charge is 2.18. The number of carbonyl (C=O) groups excluding carboxylic acids is 2. The van der Waals surface area contributed by atoms with Crippen LogP contribution in [0.15, 0.2) is 11.8 Å². The summed E-state index contributed by atoms with van der Waals surface area (Å²) in [6.45, 7) is 7.00. The number of allylic oxidation sites excluding steroid dienone is 1. The molecule has 1 aromatic heterocycles. The van der Waals surface area contributed by atoms with Gasteiger partial charge >= 0.3 is 5.97 Å². The zero-order chi connectivity index (χ0) is 17.1. The van der Waals surface area contributed by atoms with Crippen molar-refractivity contribution in [3.8, 4) is 0 Å². The van der Waals surface area contributed by atoms with Crippen molar-refractivity contribution < 1.29 is 14.3 Å². The van der Waals surface area contributed by atoms with Crippen LogP contribution in [0.4, 0.5) is 11.6 Å². The Kier molecular flexibility index (Phi) is 5.69. The smallest absolute Gasteiger partial charge is 0.365 e. The number of rotatable bonds is 3. The predicted octanol–water partition coefficient (Wildman–Crippen LogP) is 1.22. The summed E-state index contributed by atoms with van der Waals surface area (Å²) in [5, 5.41) is 2.71. The van der Waals surface area contributed by atoms with Crippen LogP contribution in [-0.2, 0) is 9.53 Å². The highest BCUT2D eigenvalue weighted by molar-refractivity contribution is 14.1. The number of nitrogens with two attached hydrogens (primary N) is 2. The third-order valence-electron chi connectivity index (χ3n) is 2.18. The first-order valence-electron chi connectivity index (χ1n) is 6.30. The van der Waals surface area contributed by atoms with E-state index in [1.165, 1.54) is 13.0 Å². The molecule has 5 N–H and O–H groups in total. The minimum absolute atomic E-state index is 0.111. The third kappa shape index (κ3) is 5.47. The Balaban J connectivity index is 2.84. The number of nitrogen functional groups attached to an aromatic ring is 2. The van der Waals surface area contributed by atoms with Gasteiger partial charge in [0.2, 0.25) is 5.91 Å².